The van der Waals surface area contributed by atoms with Gasteiger partial charge in [-0.25, -0.2) is 0 Å². The van der Waals surface area contributed by atoms with Gasteiger partial charge in [0.25, 0.3) is 5.91 Å². The molecule has 1 unspecified atom stereocenters. The van der Waals surface area contributed by atoms with Crippen molar-refractivity contribution in [3.05, 3.63) is 22.2 Å². The maximum absolute atomic E-state index is 12.7. The van der Waals surface area contributed by atoms with E-state index in [1.807, 2.05) is 6.92 Å². The zero-order chi connectivity index (χ0) is 17.2. The normalized spacial score (nSPS) is 20.4. The zero-order valence-electron chi connectivity index (χ0n) is 13.4. The zero-order valence-corrected chi connectivity index (χ0v) is 15.0. The van der Waals surface area contributed by atoms with Crippen molar-refractivity contribution in [1.29, 1.82) is 0 Å². The van der Waals surface area contributed by atoms with Crippen molar-refractivity contribution in [3.8, 4) is 11.5 Å². The minimum Gasteiger partial charge on any atom is -0.493 e. The highest BCUT2D eigenvalue weighted by Crippen LogP contribution is 2.38. The van der Waals surface area contributed by atoms with Crippen LogP contribution in [0.3, 0.4) is 0 Å². The van der Waals surface area contributed by atoms with Crippen molar-refractivity contribution < 1.29 is 24.2 Å². The lowest BCUT2D eigenvalue weighted by molar-refractivity contribution is -0.147. The number of methoxy groups -OCH3 is 1. The molecule has 0 aromatic heterocycles. The number of nitrogens with zero attached hydrogens (tertiary/aromatic N) is 1. The maximum atomic E-state index is 12.7. The average molecular weight is 386 g/mol. The summed E-state index contributed by atoms with van der Waals surface area (Å²) in [7, 11) is 1.51. The van der Waals surface area contributed by atoms with Crippen LogP contribution in [0, 0.1) is 5.41 Å². The third kappa shape index (κ3) is 3.44. The van der Waals surface area contributed by atoms with Crippen molar-refractivity contribution in [2.24, 2.45) is 5.41 Å². The van der Waals surface area contributed by atoms with E-state index in [4.69, 9.17) is 9.47 Å². The first-order valence-corrected chi connectivity index (χ1v) is 8.14. The highest BCUT2D eigenvalue weighted by atomic mass is 79.9. The number of carbonyl (C=O) groups is 2. The quantitative estimate of drug-likeness (QED) is 0.842. The van der Waals surface area contributed by atoms with Gasteiger partial charge in [0.1, 0.15) is 0 Å². The fraction of sp³-hybridized carbons (Fsp3) is 0.500. The lowest BCUT2D eigenvalue weighted by atomic mass is 9.90. The second-order valence-corrected chi connectivity index (χ2v) is 6.62. The molecule has 1 saturated heterocycles. The predicted octanol–water partition coefficient (Wildman–Crippen LogP) is 2.79. The molecule has 1 aliphatic heterocycles. The number of ether oxygens (including phenoxy) is 2. The number of benzene rings is 1. The van der Waals surface area contributed by atoms with Crippen molar-refractivity contribution in [2.45, 2.75) is 20.3 Å². The van der Waals surface area contributed by atoms with Gasteiger partial charge >= 0.3 is 5.97 Å². The molecule has 2 rings (SSSR count). The Morgan fingerprint density at radius 3 is 2.65 bits per heavy atom. The smallest absolute Gasteiger partial charge is 0.311 e. The molecular formula is C16H20BrNO5. The van der Waals surface area contributed by atoms with E-state index >= 15 is 0 Å². The Bertz CT molecular complexity index is 633. The number of carboxylic acid groups (broad SMARTS) is 1. The monoisotopic (exact) mass is 385 g/mol. The summed E-state index contributed by atoms with van der Waals surface area (Å²) in [6, 6.07) is 3.29. The van der Waals surface area contributed by atoms with Gasteiger partial charge in [0, 0.05) is 18.7 Å². The molecule has 0 radical (unpaired) electrons. The molecule has 6 nitrogen and oxygen atoms in total. The summed E-state index contributed by atoms with van der Waals surface area (Å²) in [4.78, 5) is 25.5. The van der Waals surface area contributed by atoms with Gasteiger partial charge in [-0.2, -0.15) is 0 Å². The number of likely N-dealkylation sites (tertiary alicyclic amines) is 1. The number of carbonyl (C=O) groups excluding carboxylic acids is 1. The first-order valence-electron chi connectivity index (χ1n) is 7.35. The molecule has 1 fully saturated rings. The lowest BCUT2D eigenvalue weighted by Crippen LogP contribution is -2.34. The fourth-order valence-electron chi connectivity index (χ4n) is 2.62. The summed E-state index contributed by atoms with van der Waals surface area (Å²) in [6.07, 6.45) is 0.448. The van der Waals surface area contributed by atoms with Crippen LogP contribution in [0.4, 0.5) is 0 Å². The third-order valence-corrected chi connectivity index (χ3v) is 4.63. The molecule has 7 heteroatoms. The van der Waals surface area contributed by atoms with E-state index in [0.717, 1.165) is 0 Å². The molecule has 0 spiro atoms. The largest absolute Gasteiger partial charge is 0.493 e. The number of aliphatic carboxylic acids is 1. The van der Waals surface area contributed by atoms with E-state index in [1.54, 1.807) is 24.0 Å². The molecule has 1 amide bonds. The lowest BCUT2D eigenvalue weighted by Gasteiger charge is -2.21. The Balaban J connectivity index is 2.27. The van der Waals surface area contributed by atoms with E-state index in [0.29, 0.717) is 41.1 Å². The van der Waals surface area contributed by atoms with Gasteiger partial charge in [-0.15, -0.1) is 0 Å². The van der Waals surface area contributed by atoms with Crippen LogP contribution < -0.4 is 9.47 Å². The standard InChI is InChI=1S/C16H20BrNO5/c1-4-23-13-11(17)7-10(8-12(13)22-3)14(19)18-6-5-16(2,9-18)15(20)21/h7-8H,4-6,9H2,1-3H3,(H,20,21). The van der Waals surface area contributed by atoms with Gasteiger partial charge < -0.3 is 19.5 Å². The number of hydrogen-bond donors (Lipinski definition) is 1. The highest BCUT2D eigenvalue weighted by molar-refractivity contribution is 9.10. The average Bonchev–Trinajstić information content (AvgIpc) is 2.92. The van der Waals surface area contributed by atoms with Crippen LogP contribution in [-0.2, 0) is 4.79 Å². The predicted molar refractivity (Wildman–Crippen MR) is 88.1 cm³/mol. The van der Waals surface area contributed by atoms with Crippen molar-refractivity contribution >= 4 is 27.8 Å². The van der Waals surface area contributed by atoms with Crippen LogP contribution in [0.2, 0.25) is 0 Å². The van der Waals surface area contributed by atoms with Crippen LogP contribution in [0.5, 0.6) is 11.5 Å². The van der Waals surface area contributed by atoms with Crippen LogP contribution in [0.1, 0.15) is 30.6 Å². The minimum absolute atomic E-state index is 0.203. The maximum Gasteiger partial charge on any atom is 0.311 e. The Kier molecular flexibility index (Phi) is 5.19. The topological polar surface area (TPSA) is 76.1 Å². The molecule has 1 aliphatic rings. The summed E-state index contributed by atoms with van der Waals surface area (Å²) in [5.74, 6) is -0.0802. The van der Waals surface area contributed by atoms with E-state index in [9.17, 15) is 14.7 Å². The van der Waals surface area contributed by atoms with E-state index in [2.05, 4.69) is 15.9 Å². The van der Waals surface area contributed by atoms with Gasteiger partial charge in [-0.05, 0) is 48.3 Å². The molecule has 0 aliphatic carbocycles. The van der Waals surface area contributed by atoms with Gasteiger partial charge in [0.05, 0.1) is 23.6 Å². The minimum atomic E-state index is -0.887. The number of halogens is 1. The first kappa shape index (κ1) is 17.6. The molecule has 0 bridgehead atoms. The molecule has 1 atom stereocenters. The Morgan fingerprint density at radius 1 is 1.43 bits per heavy atom. The Morgan fingerprint density at radius 2 is 2.13 bits per heavy atom. The number of carboxylic acids is 1. The summed E-state index contributed by atoms with van der Waals surface area (Å²) in [6.45, 7) is 4.63. The molecule has 1 aromatic rings. The van der Waals surface area contributed by atoms with Crippen LogP contribution >= 0.6 is 15.9 Å². The molecular weight excluding hydrogens is 366 g/mol. The Hall–Kier alpha value is -1.76. The second-order valence-electron chi connectivity index (χ2n) is 5.76. The SMILES string of the molecule is CCOc1c(Br)cc(C(=O)N2CCC(C)(C(=O)O)C2)cc1OC. The Labute approximate surface area is 143 Å². The second kappa shape index (κ2) is 6.78. The molecule has 0 saturated carbocycles. The van der Waals surface area contributed by atoms with Gasteiger partial charge in [-0.3, -0.25) is 9.59 Å². The summed E-state index contributed by atoms with van der Waals surface area (Å²) < 4.78 is 11.4. The van der Waals surface area contributed by atoms with Gasteiger partial charge in [0.15, 0.2) is 11.5 Å². The number of hydrogen-bond acceptors (Lipinski definition) is 4. The van der Waals surface area contributed by atoms with E-state index in [-0.39, 0.29) is 12.5 Å². The van der Waals surface area contributed by atoms with E-state index < -0.39 is 11.4 Å². The van der Waals surface area contributed by atoms with Crippen LogP contribution in [0.25, 0.3) is 0 Å². The fourth-order valence-corrected chi connectivity index (χ4v) is 3.18. The first-order chi connectivity index (χ1) is 10.8. The van der Waals surface area contributed by atoms with Gasteiger partial charge in [-0.1, -0.05) is 0 Å². The van der Waals surface area contributed by atoms with Gasteiger partial charge in [0.2, 0.25) is 0 Å². The van der Waals surface area contributed by atoms with Crippen molar-refractivity contribution in [3.63, 3.8) is 0 Å². The third-order valence-electron chi connectivity index (χ3n) is 4.04. The number of rotatable bonds is 5. The molecule has 1 heterocycles. The van der Waals surface area contributed by atoms with Crippen LogP contribution in [-0.4, -0.2) is 48.7 Å². The molecule has 1 N–H and O–H groups in total. The number of amides is 1. The van der Waals surface area contributed by atoms with E-state index in [1.165, 1.54) is 7.11 Å². The molecule has 1 aromatic carbocycles. The molecule has 23 heavy (non-hydrogen) atoms. The van der Waals surface area contributed by atoms with Crippen molar-refractivity contribution in [1.82, 2.24) is 4.90 Å². The summed E-state index contributed by atoms with van der Waals surface area (Å²) >= 11 is 3.39. The van der Waals surface area contributed by atoms with Crippen molar-refractivity contribution in [2.75, 3.05) is 26.8 Å². The summed E-state index contributed by atoms with van der Waals surface area (Å²) in [5, 5.41) is 9.28. The highest BCUT2D eigenvalue weighted by Gasteiger charge is 2.42. The van der Waals surface area contributed by atoms with Crippen LogP contribution in [0.15, 0.2) is 16.6 Å². The summed E-state index contributed by atoms with van der Waals surface area (Å²) in [5.41, 5.74) is -0.450. The molecule has 126 valence electrons.